The molecule has 0 atom stereocenters. The number of halogens is 1. The number of aromatic amines is 1. The molecule has 1 aromatic carbocycles. The van der Waals surface area contributed by atoms with Crippen molar-refractivity contribution in [1.29, 1.82) is 0 Å². The summed E-state index contributed by atoms with van der Waals surface area (Å²) in [6.07, 6.45) is 8.96. The second-order valence-electron chi connectivity index (χ2n) is 6.42. The fourth-order valence-corrected chi connectivity index (χ4v) is 2.72. The Hall–Kier alpha value is -2.68. The summed E-state index contributed by atoms with van der Waals surface area (Å²) in [5.74, 6) is -0.199. The lowest BCUT2D eigenvalue weighted by molar-refractivity contribution is -0.106. The van der Waals surface area contributed by atoms with Gasteiger partial charge in [-0.05, 0) is 80.2 Å². The van der Waals surface area contributed by atoms with Gasteiger partial charge in [-0.3, -0.25) is 0 Å². The lowest BCUT2D eigenvalue weighted by Crippen LogP contribution is -1.89. The third-order valence-corrected chi connectivity index (χ3v) is 4.15. The number of carbonyl (C=O) groups is 1. The third kappa shape index (κ3) is 8.47. The summed E-state index contributed by atoms with van der Waals surface area (Å²) in [5, 5.41) is 0. The molecule has 0 unspecified atom stereocenters. The van der Waals surface area contributed by atoms with E-state index in [0.29, 0.717) is 5.56 Å². The van der Waals surface area contributed by atoms with Gasteiger partial charge in [-0.1, -0.05) is 58.1 Å². The summed E-state index contributed by atoms with van der Waals surface area (Å²) in [5.41, 5.74) is 6.91. The van der Waals surface area contributed by atoms with Crippen molar-refractivity contribution in [3.63, 3.8) is 0 Å². The van der Waals surface area contributed by atoms with Gasteiger partial charge in [0.05, 0.1) is 0 Å². The Morgan fingerprint density at radius 2 is 1.76 bits per heavy atom. The van der Waals surface area contributed by atoms with Crippen LogP contribution in [0.3, 0.4) is 0 Å². The highest BCUT2D eigenvalue weighted by Crippen LogP contribution is 2.25. The molecule has 158 valence electrons. The minimum absolute atomic E-state index is 0.199. The van der Waals surface area contributed by atoms with Gasteiger partial charge >= 0.3 is 0 Å². The third-order valence-electron chi connectivity index (χ3n) is 4.15. The molecule has 0 aliphatic heterocycles. The highest BCUT2D eigenvalue weighted by Gasteiger charge is 2.08. The predicted molar refractivity (Wildman–Crippen MR) is 126 cm³/mol. The van der Waals surface area contributed by atoms with Gasteiger partial charge in [-0.2, -0.15) is 0 Å². The van der Waals surface area contributed by atoms with E-state index in [-0.39, 0.29) is 5.82 Å². The summed E-state index contributed by atoms with van der Waals surface area (Å²) >= 11 is 0. The van der Waals surface area contributed by atoms with Crippen molar-refractivity contribution in [2.75, 3.05) is 0 Å². The fraction of sp³-hybridized carbons (Fsp3) is 0.346. The van der Waals surface area contributed by atoms with Crippen molar-refractivity contribution in [2.24, 2.45) is 0 Å². The van der Waals surface area contributed by atoms with Crippen LogP contribution in [0.15, 0.2) is 49.1 Å². The zero-order chi connectivity index (χ0) is 22.4. The van der Waals surface area contributed by atoms with E-state index >= 15 is 0 Å². The maximum Gasteiger partial charge on any atom is 0.126 e. The number of hydrogen-bond acceptors (Lipinski definition) is 1. The number of rotatable bonds is 6. The minimum atomic E-state index is -0.199. The number of nitrogens with one attached hydrogen (secondary N) is 1. The molecule has 0 spiro atoms. The highest BCUT2D eigenvalue weighted by atomic mass is 19.1. The zero-order valence-electron chi connectivity index (χ0n) is 19.0. The van der Waals surface area contributed by atoms with E-state index in [0.717, 1.165) is 41.5 Å². The topological polar surface area (TPSA) is 32.9 Å². The number of allylic oxidation sites excluding steroid dienone is 5. The van der Waals surface area contributed by atoms with Crippen molar-refractivity contribution >= 4 is 17.4 Å². The van der Waals surface area contributed by atoms with Crippen LogP contribution in [-0.2, 0) is 11.2 Å². The molecular formula is C26H36FNO. The highest BCUT2D eigenvalue weighted by molar-refractivity contribution is 5.86. The maximum atomic E-state index is 13.8. The number of aromatic nitrogens is 1. The first-order valence-corrected chi connectivity index (χ1v) is 10.3. The number of hydrogen-bond donors (Lipinski definition) is 1. The lowest BCUT2D eigenvalue weighted by Gasteiger charge is -2.06. The van der Waals surface area contributed by atoms with Crippen LogP contribution in [-0.4, -0.2) is 11.3 Å². The van der Waals surface area contributed by atoms with Gasteiger partial charge in [0.2, 0.25) is 0 Å². The molecule has 0 saturated heterocycles. The van der Waals surface area contributed by atoms with Crippen molar-refractivity contribution in [3.8, 4) is 0 Å². The van der Waals surface area contributed by atoms with E-state index in [1.165, 1.54) is 18.2 Å². The average Bonchev–Trinajstić information content (AvgIpc) is 3.06. The normalized spacial score (nSPS) is 10.7. The first kappa shape index (κ1) is 26.3. The second-order valence-corrected chi connectivity index (χ2v) is 6.42. The van der Waals surface area contributed by atoms with E-state index in [2.05, 4.69) is 37.6 Å². The molecule has 0 bridgehead atoms. The summed E-state index contributed by atoms with van der Waals surface area (Å²) in [6, 6.07) is 7.41. The first-order valence-electron chi connectivity index (χ1n) is 10.3. The van der Waals surface area contributed by atoms with Crippen molar-refractivity contribution in [1.82, 2.24) is 4.98 Å². The molecule has 0 saturated carbocycles. The van der Waals surface area contributed by atoms with Gasteiger partial charge in [-0.25, -0.2) is 4.39 Å². The Kier molecular flexibility index (Phi) is 13.0. The summed E-state index contributed by atoms with van der Waals surface area (Å²) in [6.45, 7) is 17.6. The monoisotopic (exact) mass is 397 g/mol. The Labute approximate surface area is 176 Å². The smallest absolute Gasteiger partial charge is 0.126 e. The predicted octanol–water partition coefficient (Wildman–Crippen LogP) is 7.63. The molecule has 0 fully saturated rings. The molecule has 0 aliphatic carbocycles. The first-order chi connectivity index (χ1) is 13.9. The Morgan fingerprint density at radius 3 is 2.28 bits per heavy atom. The van der Waals surface area contributed by atoms with Gasteiger partial charge in [0, 0.05) is 11.4 Å². The van der Waals surface area contributed by atoms with Crippen LogP contribution < -0.4 is 0 Å². The van der Waals surface area contributed by atoms with Crippen LogP contribution in [0.25, 0.3) is 11.1 Å². The largest absolute Gasteiger partial charge is 0.358 e. The van der Waals surface area contributed by atoms with Crippen LogP contribution in [0.4, 0.5) is 4.39 Å². The fourth-order valence-electron chi connectivity index (χ4n) is 2.72. The van der Waals surface area contributed by atoms with Crippen LogP contribution in [0.5, 0.6) is 0 Å². The SMILES string of the molecule is C=C(/C=C(\C=C/C)c1cc(C)c(CCC)[nH]1)c1ccc(C)c(F)c1.CC.CC=O. The standard InChI is InChI=1S/C22H26FN.C2H4O.C2H6/c1-6-8-19(22-13-17(5)21(24-22)9-7-2)12-16(4)18-11-10-15(3)20(23)14-18;1-2-3;1-2/h6,8,10-14,24H,4,7,9H2,1-3,5H3;2H,1H3;1-2H3/b8-6-,19-12+;;. The van der Waals surface area contributed by atoms with E-state index in [1.54, 1.807) is 19.1 Å². The van der Waals surface area contributed by atoms with Crippen molar-refractivity contribution in [2.45, 2.75) is 61.3 Å². The summed E-state index contributed by atoms with van der Waals surface area (Å²) in [7, 11) is 0. The number of benzene rings is 1. The van der Waals surface area contributed by atoms with Gasteiger partial charge in [0.15, 0.2) is 0 Å². The lowest BCUT2D eigenvalue weighted by atomic mass is 10.0. The molecule has 0 amide bonds. The van der Waals surface area contributed by atoms with Crippen LogP contribution in [0.1, 0.15) is 69.1 Å². The van der Waals surface area contributed by atoms with E-state index in [4.69, 9.17) is 4.79 Å². The van der Waals surface area contributed by atoms with Gasteiger partial charge in [0.1, 0.15) is 12.1 Å². The van der Waals surface area contributed by atoms with E-state index in [9.17, 15) is 4.39 Å². The number of aryl methyl sites for hydroxylation is 3. The molecule has 1 heterocycles. The Bertz CT molecular complexity index is 840. The summed E-state index contributed by atoms with van der Waals surface area (Å²) in [4.78, 5) is 12.3. The van der Waals surface area contributed by atoms with Crippen LogP contribution in [0.2, 0.25) is 0 Å². The molecule has 2 aromatic rings. The number of carbonyl (C=O) groups excluding carboxylic acids is 1. The van der Waals surface area contributed by atoms with Crippen molar-refractivity contribution in [3.05, 3.63) is 83.0 Å². The zero-order valence-corrected chi connectivity index (χ0v) is 19.0. The van der Waals surface area contributed by atoms with Gasteiger partial charge in [0.25, 0.3) is 0 Å². The molecule has 1 aromatic heterocycles. The summed E-state index contributed by atoms with van der Waals surface area (Å²) < 4.78 is 13.8. The minimum Gasteiger partial charge on any atom is -0.358 e. The average molecular weight is 398 g/mol. The molecular weight excluding hydrogens is 361 g/mol. The molecule has 3 heteroatoms. The maximum absolute atomic E-state index is 13.8. The molecule has 29 heavy (non-hydrogen) atoms. The van der Waals surface area contributed by atoms with Crippen LogP contribution in [0, 0.1) is 19.7 Å². The van der Waals surface area contributed by atoms with E-state index < -0.39 is 0 Å². The molecule has 0 radical (unpaired) electrons. The molecule has 1 N–H and O–H groups in total. The van der Waals surface area contributed by atoms with E-state index in [1.807, 2.05) is 39.0 Å². The van der Waals surface area contributed by atoms with Crippen molar-refractivity contribution < 1.29 is 9.18 Å². The number of H-pyrrole nitrogens is 1. The quantitative estimate of drug-likeness (QED) is 0.394. The second kappa shape index (κ2) is 14.3. The Morgan fingerprint density at radius 1 is 1.14 bits per heavy atom. The van der Waals surface area contributed by atoms with Crippen LogP contribution >= 0.6 is 0 Å². The molecule has 2 rings (SSSR count). The molecule has 2 nitrogen and oxygen atoms in total. The number of aldehydes is 1. The van der Waals surface area contributed by atoms with Gasteiger partial charge < -0.3 is 9.78 Å². The van der Waals surface area contributed by atoms with Gasteiger partial charge in [-0.15, -0.1) is 0 Å². The Balaban J connectivity index is 0.00000143. The molecule has 0 aliphatic rings.